The number of fused-ring (bicyclic) bond motifs is 1. The van der Waals surface area contributed by atoms with Gasteiger partial charge in [0.15, 0.2) is 5.60 Å². The van der Waals surface area contributed by atoms with Crippen LogP contribution in [0.25, 0.3) is 0 Å². The molecule has 0 saturated heterocycles. The summed E-state index contributed by atoms with van der Waals surface area (Å²) in [5, 5.41) is 45.8. The molecule has 31 heavy (non-hydrogen) atoms. The average Bonchev–Trinajstić information content (AvgIpc) is 2.86. The number of rotatable bonds is 5. The van der Waals surface area contributed by atoms with Gasteiger partial charge in [-0.3, -0.25) is 24.9 Å². The number of sulfonamides is 1. The Labute approximate surface area is 212 Å². The Morgan fingerprint density at radius 3 is 1.71 bits per heavy atom. The van der Waals surface area contributed by atoms with Crippen molar-refractivity contribution in [2.24, 2.45) is 0 Å². The van der Waals surface area contributed by atoms with Crippen LogP contribution in [0, 0.1) is 0 Å². The molecule has 2 rings (SSSR count). The number of amides is 1. The topological polar surface area (TPSA) is 236 Å². The van der Waals surface area contributed by atoms with Crippen LogP contribution in [0.3, 0.4) is 0 Å². The molecule has 0 unspecified atom stereocenters. The van der Waals surface area contributed by atoms with Crippen LogP contribution >= 0.6 is 19.4 Å². The van der Waals surface area contributed by atoms with Gasteiger partial charge in [-0.25, -0.2) is 17.9 Å². The van der Waals surface area contributed by atoms with Crippen molar-refractivity contribution in [2.75, 3.05) is 0 Å². The number of carboxylic acid groups (broad SMARTS) is 3. The summed E-state index contributed by atoms with van der Waals surface area (Å²) in [6.45, 7) is 0. The molecule has 1 heterocycles. The van der Waals surface area contributed by atoms with Gasteiger partial charge in [-0.1, -0.05) is 12.1 Å². The van der Waals surface area contributed by atoms with Gasteiger partial charge in [0.2, 0.25) is 0 Å². The molecule has 0 fully saturated rings. The molecule has 168 valence electrons. The monoisotopic (exact) mass is 567 g/mol. The number of aliphatic hydroxyl groups is 1. The molecule has 1 aromatic rings. The molecule has 1 aliphatic rings. The van der Waals surface area contributed by atoms with Crippen LogP contribution in [-0.2, 0) is 39.6 Å². The Kier molecular flexibility index (Phi) is 18.7. The van der Waals surface area contributed by atoms with Crippen molar-refractivity contribution in [1.82, 2.24) is 4.72 Å². The maximum atomic E-state index is 11.1. The van der Waals surface area contributed by atoms with Gasteiger partial charge >= 0.3 is 82.0 Å². The van der Waals surface area contributed by atoms with Crippen LogP contribution < -0.4 is 4.72 Å². The summed E-state index contributed by atoms with van der Waals surface area (Å²) in [6.07, 6.45) is -2.29. The molecule has 0 bridgehead atoms. The van der Waals surface area contributed by atoms with Crippen LogP contribution in [0.2, 0.25) is 0 Å². The number of carbonyl (C=O) groups is 4. The minimum absolute atomic E-state index is 0. The van der Waals surface area contributed by atoms with Crippen molar-refractivity contribution in [3.63, 3.8) is 0 Å². The number of hydrogen-bond acceptors (Lipinski definition) is 9. The third-order valence-corrected chi connectivity index (χ3v) is 4.32. The van der Waals surface area contributed by atoms with E-state index in [1.165, 1.54) is 12.1 Å². The van der Waals surface area contributed by atoms with Gasteiger partial charge in [0, 0.05) is 0 Å². The second kappa shape index (κ2) is 16.7. The Balaban J connectivity index is -0.000000408. The van der Waals surface area contributed by atoms with E-state index in [0.717, 1.165) is 0 Å². The molecular formula is C13H16Cl2NNaO12SZn. The zero-order chi connectivity index (χ0) is 24.1. The summed E-state index contributed by atoms with van der Waals surface area (Å²) in [7, 11) is 6.35. The number of aliphatic carboxylic acids is 3. The molecule has 0 aliphatic carbocycles. The Bertz CT molecular complexity index is 854. The van der Waals surface area contributed by atoms with Gasteiger partial charge in [-0.15, -0.1) is 0 Å². The molecule has 18 heteroatoms. The molecule has 7 N–H and O–H groups in total. The number of hydrogen-bond donors (Lipinski definition) is 7. The van der Waals surface area contributed by atoms with E-state index in [4.69, 9.17) is 50.3 Å². The van der Waals surface area contributed by atoms with Crippen molar-refractivity contribution in [1.29, 1.82) is 0 Å². The standard InChI is InChI=1S/C7H5NO3S.C6H8O7.2ClH.Na.H2O2.Zn.H/c9-7-5-3-1-2-4-6(5)12(10,11)8-7;7-3(8)1-6(13,5(11)12)2-4(9)10;;;;1-2;;/h1-4H,(H,8,9);13H,1-2H2,(H,7,8)(H,9,10)(H,11,12);2*1H;;1-2H;;/q;;;;;;+2;/p-2. The van der Waals surface area contributed by atoms with E-state index in [1.54, 1.807) is 12.1 Å². The third kappa shape index (κ3) is 12.7. The number of carboxylic acids is 3. The fourth-order valence-electron chi connectivity index (χ4n) is 1.83. The summed E-state index contributed by atoms with van der Waals surface area (Å²) in [4.78, 5) is 41.5. The summed E-state index contributed by atoms with van der Waals surface area (Å²) < 4.78 is 24.2. The van der Waals surface area contributed by atoms with Crippen LogP contribution in [0.15, 0.2) is 29.2 Å². The van der Waals surface area contributed by atoms with E-state index in [0.29, 0.717) is 0 Å². The summed E-state index contributed by atoms with van der Waals surface area (Å²) in [5.74, 6) is -5.57. The minimum atomic E-state index is -3.55. The molecule has 1 aromatic carbocycles. The second-order valence-corrected chi connectivity index (χ2v) is 11.3. The van der Waals surface area contributed by atoms with Gasteiger partial charge in [-0.2, -0.15) is 0 Å². The Morgan fingerprint density at radius 2 is 1.39 bits per heavy atom. The van der Waals surface area contributed by atoms with Gasteiger partial charge in [-0.05, 0) is 12.1 Å². The molecule has 0 atom stereocenters. The van der Waals surface area contributed by atoms with Crippen molar-refractivity contribution in [3.05, 3.63) is 29.8 Å². The fourth-order valence-corrected chi connectivity index (χ4v) is 3.01. The van der Waals surface area contributed by atoms with Crippen molar-refractivity contribution in [2.45, 2.75) is 23.3 Å². The number of halogens is 2. The van der Waals surface area contributed by atoms with E-state index in [1.807, 2.05) is 4.72 Å². The Morgan fingerprint density at radius 1 is 1.00 bits per heavy atom. The normalized spacial score (nSPS) is 12.2. The average molecular weight is 570 g/mol. The first-order valence-electron chi connectivity index (χ1n) is 7.18. The first-order valence-corrected chi connectivity index (χ1v) is 16.5. The van der Waals surface area contributed by atoms with Crippen LogP contribution in [-0.4, -0.2) is 98.3 Å². The molecule has 0 saturated carbocycles. The van der Waals surface area contributed by atoms with Gasteiger partial charge in [0.05, 0.1) is 18.4 Å². The predicted molar refractivity (Wildman–Crippen MR) is 102 cm³/mol. The second-order valence-electron chi connectivity index (χ2n) is 5.01. The van der Waals surface area contributed by atoms with E-state index >= 15 is 0 Å². The number of nitrogens with one attached hydrogen (secondary N) is 1. The summed E-state index contributed by atoms with van der Waals surface area (Å²) in [6, 6.07) is 6.09. The predicted octanol–water partition coefficient (Wildman–Crippen LogP) is -0.384. The van der Waals surface area contributed by atoms with E-state index in [9.17, 15) is 27.6 Å². The molecule has 0 aromatic heterocycles. The molecule has 0 radical (unpaired) electrons. The molecule has 0 spiro atoms. The van der Waals surface area contributed by atoms with Gasteiger partial charge in [0.25, 0.3) is 15.9 Å². The van der Waals surface area contributed by atoms with E-state index < -0.39 is 67.4 Å². The van der Waals surface area contributed by atoms with Crippen molar-refractivity contribution in [3.8, 4) is 0 Å². The quantitative estimate of drug-likeness (QED) is 0.136. The number of benzene rings is 1. The van der Waals surface area contributed by atoms with Gasteiger partial charge in [0.1, 0.15) is 4.90 Å². The Hall–Kier alpha value is -0.867. The first-order chi connectivity index (χ1) is 13.8. The molecular weight excluding hydrogens is 553 g/mol. The molecule has 1 amide bonds. The third-order valence-electron chi connectivity index (χ3n) is 2.93. The first kappa shape index (κ1) is 34.7. The van der Waals surface area contributed by atoms with Crippen LogP contribution in [0.1, 0.15) is 23.2 Å². The van der Waals surface area contributed by atoms with E-state index in [2.05, 4.69) is 0 Å². The fraction of sp³-hybridized carbons (Fsp3) is 0.231. The molecule has 1 aliphatic heterocycles. The maximum absolute atomic E-state index is 11.1. The summed E-state index contributed by atoms with van der Waals surface area (Å²) >= 11 is -0.931. The van der Waals surface area contributed by atoms with Crippen LogP contribution in [0.4, 0.5) is 0 Å². The van der Waals surface area contributed by atoms with E-state index in [-0.39, 0.29) is 40.0 Å². The van der Waals surface area contributed by atoms with Gasteiger partial charge < -0.3 is 20.4 Å². The van der Waals surface area contributed by atoms with Crippen molar-refractivity contribution < 1.29 is 73.7 Å². The van der Waals surface area contributed by atoms with Crippen molar-refractivity contribution >= 4 is 82.8 Å². The SMILES string of the molecule is O=C(O)CC(O)(CC(=O)O)C(=O)O.O=C1NS(=O)(=O)c2ccccc21.OO.[Cl][Zn][Cl].[NaH]. The zero-order valence-corrected chi connectivity index (χ0v) is 20.0. The number of carbonyl (C=O) groups excluding carboxylic acids is 1. The summed E-state index contributed by atoms with van der Waals surface area (Å²) in [5.41, 5.74) is -2.52. The molecule has 13 nitrogen and oxygen atoms in total. The van der Waals surface area contributed by atoms with Crippen LogP contribution in [0.5, 0.6) is 0 Å². The zero-order valence-electron chi connectivity index (χ0n) is 14.7.